The Bertz CT molecular complexity index is 825. The summed E-state index contributed by atoms with van der Waals surface area (Å²) in [5.41, 5.74) is 2.18. The normalized spacial score (nSPS) is 17.2. The number of aliphatic hydroxyl groups excluding tert-OH is 2. The first kappa shape index (κ1) is 24.8. The molecular formula is C25H35ClN2O4. The fourth-order valence-corrected chi connectivity index (χ4v) is 3.89. The predicted octanol–water partition coefficient (Wildman–Crippen LogP) is 3.19. The van der Waals surface area contributed by atoms with E-state index in [4.69, 9.17) is 21.1 Å². The van der Waals surface area contributed by atoms with E-state index in [0.29, 0.717) is 29.9 Å². The maximum absolute atomic E-state index is 10.3. The standard InChI is InChI=1S/C25H35ClN2O4/c1-18-3-6-23(7-4-18)31-16-21(29)14-27-20-9-11-28(12-10-20)15-22(30)17-32-24-8-5-19(2)25(26)13-24/h3-8,13,20-22,27,29-30H,9-12,14-17H2,1-2H3/t21-,22-/m1/s1. The van der Waals surface area contributed by atoms with E-state index in [-0.39, 0.29) is 13.2 Å². The van der Waals surface area contributed by atoms with Gasteiger partial charge in [-0.3, -0.25) is 0 Å². The molecule has 2 atom stereocenters. The molecule has 1 fully saturated rings. The largest absolute Gasteiger partial charge is 0.491 e. The molecule has 0 radical (unpaired) electrons. The summed E-state index contributed by atoms with van der Waals surface area (Å²) in [7, 11) is 0. The van der Waals surface area contributed by atoms with Crippen molar-refractivity contribution in [3.05, 3.63) is 58.6 Å². The van der Waals surface area contributed by atoms with Crippen LogP contribution in [0.1, 0.15) is 24.0 Å². The summed E-state index contributed by atoms with van der Waals surface area (Å²) in [6.45, 7) is 7.38. The number of hydrogen-bond donors (Lipinski definition) is 3. The average molecular weight is 463 g/mol. The van der Waals surface area contributed by atoms with E-state index >= 15 is 0 Å². The van der Waals surface area contributed by atoms with Crippen molar-refractivity contribution < 1.29 is 19.7 Å². The van der Waals surface area contributed by atoms with Gasteiger partial charge in [-0.2, -0.15) is 0 Å². The maximum atomic E-state index is 10.3. The van der Waals surface area contributed by atoms with Gasteiger partial charge in [0.2, 0.25) is 0 Å². The Balaban J connectivity index is 1.28. The molecular weight excluding hydrogens is 428 g/mol. The molecule has 32 heavy (non-hydrogen) atoms. The van der Waals surface area contributed by atoms with Gasteiger partial charge in [-0.05, 0) is 69.6 Å². The summed E-state index contributed by atoms with van der Waals surface area (Å²) < 4.78 is 11.3. The summed E-state index contributed by atoms with van der Waals surface area (Å²) in [6.07, 6.45) is 0.850. The van der Waals surface area contributed by atoms with E-state index in [2.05, 4.69) is 10.2 Å². The molecule has 1 heterocycles. The maximum Gasteiger partial charge on any atom is 0.120 e. The highest BCUT2D eigenvalue weighted by Gasteiger charge is 2.21. The van der Waals surface area contributed by atoms with Crippen LogP contribution in [0.25, 0.3) is 0 Å². The third-order valence-corrected chi connectivity index (χ3v) is 6.15. The molecule has 1 aliphatic heterocycles. The summed E-state index contributed by atoms with van der Waals surface area (Å²) in [4.78, 5) is 2.26. The van der Waals surface area contributed by atoms with Crippen LogP contribution in [0.5, 0.6) is 11.5 Å². The highest BCUT2D eigenvalue weighted by molar-refractivity contribution is 6.31. The number of aliphatic hydroxyl groups is 2. The summed E-state index contributed by atoms with van der Waals surface area (Å²) in [5.74, 6) is 1.45. The van der Waals surface area contributed by atoms with E-state index in [1.807, 2.05) is 50.2 Å². The lowest BCUT2D eigenvalue weighted by molar-refractivity contribution is 0.0556. The van der Waals surface area contributed by atoms with Gasteiger partial charge in [0, 0.05) is 24.2 Å². The van der Waals surface area contributed by atoms with Crippen LogP contribution in [-0.2, 0) is 0 Å². The number of ether oxygens (including phenoxy) is 2. The van der Waals surface area contributed by atoms with Crippen molar-refractivity contribution in [3.8, 4) is 11.5 Å². The van der Waals surface area contributed by atoms with Crippen molar-refractivity contribution in [1.82, 2.24) is 10.2 Å². The van der Waals surface area contributed by atoms with Crippen molar-refractivity contribution in [2.24, 2.45) is 0 Å². The minimum absolute atomic E-state index is 0.241. The number of benzene rings is 2. The third kappa shape index (κ3) is 8.26. The molecule has 3 rings (SSSR count). The number of likely N-dealkylation sites (tertiary alicyclic amines) is 1. The zero-order chi connectivity index (χ0) is 22.9. The zero-order valence-corrected chi connectivity index (χ0v) is 19.7. The number of piperidine rings is 1. The molecule has 2 aromatic carbocycles. The molecule has 6 nitrogen and oxygen atoms in total. The molecule has 0 aromatic heterocycles. The van der Waals surface area contributed by atoms with Crippen LogP contribution in [0.2, 0.25) is 5.02 Å². The second-order valence-electron chi connectivity index (χ2n) is 8.64. The van der Waals surface area contributed by atoms with Crippen molar-refractivity contribution in [1.29, 1.82) is 0 Å². The smallest absolute Gasteiger partial charge is 0.120 e. The van der Waals surface area contributed by atoms with E-state index in [0.717, 1.165) is 37.2 Å². The number of nitrogens with one attached hydrogen (secondary N) is 1. The fourth-order valence-electron chi connectivity index (χ4n) is 3.71. The molecule has 1 aliphatic rings. The van der Waals surface area contributed by atoms with Gasteiger partial charge in [-0.25, -0.2) is 0 Å². The molecule has 176 valence electrons. The first-order valence-corrected chi connectivity index (χ1v) is 11.7. The second-order valence-corrected chi connectivity index (χ2v) is 9.04. The predicted molar refractivity (Wildman–Crippen MR) is 128 cm³/mol. The Morgan fingerprint density at radius 2 is 1.59 bits per heavy atom. The Morgan fingerprint density at radius 1 is 0.969 bits per heavy atom. The van der Waals surface area contributed by atoms with Crippen LogP contribution in [0.4, 0.5) is 0 Å². The van der Waals surface area contributed by atoms with Gasteiger partial charge in [0.05, 0.1) is 0 Å². The number of halogens is 1. The van der Waals surface area contributed by atoms with Gasteiger partial charge in [-0.1, -0.05) is 35.4 Å². The summed E-state index contributed by atoms with van der Waals surface area (Å²) in [6, 6.07) is 13.7. The highest BCUT2D eigenvalue weighted by Crippen LogP contribution is 2.22. The molecule has 0 aliphatic carbocycles. The lowest BCUT2D eigenvalue weighted by atomic mass is 10.0. The zero-order valence-electron chi connectivity index (χ0n) is 19.0. The van der Waals surface area contributed by atoms with Crippen molar-refractivity contribution >= 4 is 11.6 Å². The minimum Gasteiger partial charge on any atom is -0.491 e. The van der Waals surface area contributed by atoms with Gasteiger partial charge < -0.3 is 29.9 Å². The monoisotopic (exact) mass is 462 g/mol. The van der Waals surface area contributed by atoms with Crippen LogP contribution in [0.15, 0.2) is 42.5 Å². The lowest BCUT2D eigenvalue weighted by Gasteiger charge is -2.33. The van der Waals surface area contributed by atoms with Gasteiger partial charge >= 0.3 is 0 Å². The fraction of sp³-hybridized carbons (Fsp3) is 0.520. The topological polar surface area (TPSA) is 74.2 Å². The van der Waals surface area contributed by atoms with Gasteiger partial charge in [0.1, 0.15) is 36.9 Å². The molecule has 7 heteroatoms. The Labute approximate surface area is 196 Å². The van der Waals surface area contributed by atoms with Crippen LogP contribution < -0.4 is 14.8 Å². The quantitative estimate of drug-likeness (QED) is 0.476. The SMILES string of the molecule is Cc1ccc(OC[C@H](O)CNC2CCN(C[C@@H](O)COc3ccc(C)c(Cl)c3)CC2)cc1. The van der Waals surface area contributed by atoms with Crippen molar-refractivity contribution in [2.75, 3.05) is 39.4 Å². The van der Waals surface area contributed by atoms with Crippen LogP contribution >= 0.6 is 11.6 Å². The number of rotatable bonds is 11. The van der Waals surface area contributed by atoms with Gasteiger partial charge in [0.15, 0.2) is 0 Å². The number of nitrogens with zero attached hydrogens (tertiary/aromatic N) is 1. The number of hydrogen-bond acceptors (Lipinski definition) is 6. The molecule has 1 saturated heterocycles. The molecule has 0 bridgehead atoms. The third-order valence-electron chi connectivity index (χ3n) is 5.75. The Morgan fingerprint density at radius 3 is 2.28 bits per heavy atom. The van der Waals surface area contributed by atoms with E-state index in [1.54, 1.807) is 6.07 Å². The first-order valence-electron chi connectivity index (χ1n) is 11.3. The summed E-state index contributed by atoms with van der Waals surface area (Å²) >= 11 is 6.12. The number of β-amino-alcohol motifs (C(OH)–C–C–N with tert-alkyl or cyclic N) is 1. The van der Waals surface area contributed by atoms with Crippen molar-refractivity contribution in [2.45, 2.75) is 44.9 Å². The van der Waals surface area contributed by atoms with Crippen LogP contribution in [0.3, 0.4) is 0 Å². The van der Waals surface area contributed by atoms with Crippen LogP contribution in [0, 0.1) is 13.8 Å². The molecule has 0 saturated carbocycles. The van der Waals surface area contributed by atoms with E-state index < -0.39 is 12.2 Å². The van der Waals surface area contributed by atoms with E-state index in [1.165, 1.54) is 5.56 Å². The Kier molecular flexibility index (Phi) is 9.63. The molecule has 0 spiro atoms. The second kappa shape index (κ2) is 12.4. The number of aryl methyl sites for hydroxylation is 2. The lowest BCUT2D eigenvalue weighted by Crippen LogP contribution is -2.47. The molecule has 3 N–H and O–H groups in total. The molecule has 2 aromatic rings. The average Bonchev–Trinajstić information content (AvgIpc) is 2.79. The summed E-state index contributed by atoms with van der Waals surface area (Å²) in [5, 5.41) is 24.6. The van der Waals surface area contributed by atoms with Gasteiger partial charge in [0.25, 0.3) is 0 Å². The van der Waals surface area contributed by atoms with E-state index in [9.17, 15) is 10.2 Å². The molecule has 0 amide bonds. The van der Waals surface area contributed by atoms with Gasteiger partial charge in [-0.15, -0.1) is 0 Å². The first-order chi connectivity index (χ1) is 15.4. The highest BCUT2D eigenvalue weighted by atomic mass is 35.5. The van der Waals surface area contributed by atoms with Crippen molar-refractivity contribution in [3.63, 3.8) is 0 Å². The minimum atomic E-state index is -0.555. The van der Waals surface area contributed by atoms with Crippen LogP contribution in [-0.4, -0.2) is 72.8 Å². The Hall–Kier alpha value is -1.83. The molecule has 0 unspecified atom stereocenters.